The van der Waals surface area contributed by atoms with Gasteiger partial charge < -0.3 is 42.2 Å². The number of nitrogens with zero attached hydrogens (tertiary/aromatic N) is 8. The first-order chi connectivity index (χ1) is 19.0. The number of nitro groups is 1. The lowest BCUT2D eigenvalue weighted by Crippen LogP contribution is -3.00. The van der Waals surface area contributed by atoms with Crippen molar-refractivity contribution in [2.45, 2.75) is 6.54 Å². The molecule has 4 rings (SSSR count). The molecule has 13 nitrogen and oxygen atoms in total. The zero-order chi connectivity index (χ0) is 29.0. The lowest BCUT2D eigenvalue weighted by Gasteiger charge is -2.28. The molecular formula is C25H23Br2ClN10O3. The zero-order valence-corrected chi connectivity index (χ0v) is 25.9. The van der Waals surface area contributed by atoms with E-state index in [-0.39, 0.29) is 39.7 Å². The summed E-state index contributed by atoms with van der Waals surface area (Å²) in [6, 6.07) is 8.93. The van der Waals surface area contributed by atoms with E-state index in [9.17, 15) is 20.2 Å². The fourth-order valence-electron chi connectivity index (χ4n) is 3.86. The molecule has 0 radical (unpaired) electrons. The number of nitriles is 1. The van der Waals surface area contributed by atoms with Crippen LogP contribution in [0.1, 0.15) is 11.5 Å². The summed E-state index contributed by atoms with van der Waals surface area (Å²) >= 11 is 9.56. The molecule has 1 aromatic carbocycles. The Morgan fingerprint density at radius 3 is 2.73 bits per heavy atom. The Bertz CT molecular complexity index is 1700. The predicted molar refractivity (Wildman–Crippen MR) is 153 cm³/mol. The minimum absolute atomic E-state index is 0. The third kappa shape index (κ3) is 7.61. The van der Waals surface area contributed by atoms with Gasteiger partial charge in [-0.1, -0.05) is 11.6 Å². The molecule has 4 aromatic rings. The topological polar surface area (TPSA) is 165 Å². The smallest absolute Gasteiger partial charge is 0.392 e. The minimum atomic E-state index is -0.601. The average molecular weight is 707 g/mol. The Hall–Kier alpha value is -3.97. The Morgan fingerprint density at radius 1 is 1.29 bits per heavy atom. The maximum absolute atomic E-state index is 12.6. The number of fused-ring (bicyclic) bond motifs is 1. The number of quaternary nitrogens is 1. The van der Waals surface area contributed by atoms with Crippen molar-refractivity contribution in [3.63, 3.8) is 0 Å². The molecule has 0 bridgehead atoms. The molecule has 0 unspecified atom stereocenters. The summed E-state index contributed by atoms with van der Waals surface area (Å²) in [7, 11) is 5.26. The normalized spacial score (nSPS) is 11.2. The second kappa shape index (κ2) is 13.1. The highest BCUT2D eigenvalue weighted by Gasteiger charge is 2.30. The Balaban J connectivity index is 0.00000462. The summed E-state index contributed by atoms with van der Waals surface area (Å²) in [5, 5.41) is 27.7. The number of rotatable bonds is 9. The fraction of sp³-hybridized carbons (Fsp3) is 0.200. The summed E-state index contributed by atoms with van der Waals surface area (Å²) in [4.78, 5) is 40.1. The van der Waals surface area contributed by atoms with Crippen LogP contribution in [0.2, 0.25) is 5.02 Å². The van der Waals surface area contributed by atoms with Gasteiger partial charge >= 0.3 is 11.6 Å². The van der Waals surface area contributed by atoms with E-state index in [2.05, 4.69) is 46.5 Å². The van der Waals surface area contributed by atoms with E-state index in [1.807, 2.05) is 32.3 Å². The molecule has 0 spiro atoms. The summed E-state index contributed by atoms with van der Waals surface area (Å²) in [6.07, 6.45) is 5.98. The van der Waals surface area contributed by atoms with Crippen molar-refractivity contribution in [3.05, 3.63) is 80.1 Å². The molecule has 0 fully saturated rings. The SMILES string of the molecule is Cn1c(C#N)nc([N+](=O)[O-])c1C[N+](C)(C)C/C=C/C(=O)Nc1cc2c(Nc3ccc(Br)c(Cl)c3)ncnc2cn1.[Br-]. The van der Waals surface area contributed by atoms with Crippen molar-refractivity contribution in [1.29, 1.82) is 5.26 Å². The fourth-order valence-corrected chi connectivity index (χ4v) is 4.29. The van der Waals surface area contributed by atoms with Gasteiger partial charge in [0.05, 0.1) is 37.4 Å². The van der Waals surface area contributed by atoms with E-state index in [4.69, 9.17) is 11.6 Å². The van der Waals surface area contributed by atoms with Gasteiger partial charge in [0.25, 0.3) is 0 Å². The monoisotopic (exact) mass is 704 g/mol. The van der Waals surface area contributed by atoms with Crippen LogP contribution in [0.3, 0.4) is 0 Å². The van der Waals surface area contributed by atoms with Crippen molar-refractivity contribution in [3.8, 4) is 6.07 Å². The molecule has 0 saturated heterocycles. The maximum atomic E-state index is 12.6. The Labute approximate surface area is 258 Å². The molecule has 0 aliphatic rings. The van der Waals surface area contributed by atoms with Crippen LogP contribution in [-0.4, -0.2) is 60.5 Å². The number of hydrogen-bond acceptors (Lipinski definition) is 9. The van der Waals surface area contributed by atoms with Gasteiger partial charge in [-0.25, -0.2) is 15.0 Å². The van der Waals surface area contributed by atoms with E-state index in [1.54, 1.807) is 25.3 Å². The summed E-state index contributed by atoms with van der Waals surface area (Å²) in [5.41, 5.74) is 1.62. The van der Waals surface area contributed by atoms with E-state index in [1.165, 1.54) is 23.2 Å². The molecule has 0 aliphatic carbocycles. The highest BCUT2D eigenvalue weighted by Crippen LogP contribution is 2.29. The number of imidazole rings is 1. The van der Waals surface area contributed by atoms with Crippen LogP contribution < -0.4 is 27.6 Å². The van der Waals surface area contributed by atoms with Gasteiger partial charge in [-0.3, -0.25) is 9.36 Å². The molecule has 16 heteroatoms. The predicted octanol–water partition coefficient (Wildman–Crippen LogP) is 1.47. The summed E-state index contributed by atoms with van der Waals surface area (Å²) in [6.45, 7) is 0.597. The molecule has 0 atom stereocenters. The molecular weight excluding hydrogens is 684 g/mol. The van der Waals surface area contributed by atoms with Gasteiger partial charge in [0.15, 0.2) is 11.8 Å². The number of benzene rings is 1. The largest absolute Gasteiger partial charge is 1.00 e. The first-order valence-electron chi connectivity index (χ1n) is 11.7. The van der Waals surface area contributed by atoms with Crippen LogP contribution in [-0.2, 0) is 18.4 Å². The second-order valence-electron chi connectivity index (χ2n) is 9.36. The number of halogens is 3. The lowest BCUT2D eigenvalue weighted by molar-refractivity contribution is -0.898. The average Bonchev–Trinajstić information content (AvgIpc) is 3.21. The number of pyridine rings is 1. The number of aromatic nitrogens is 5. The molecule has 41 heavy (non-hydrogen) atoms. The van der Waals surface area contributed by atoms with Crippen LogP contribution in [0.4, 0.5) is 23.1 Å². The number of carbonyl (C=O) groups excluding carboxylic acids is 1. The Kier molecular flexibility index (Phi) is 10.1. The maximum Gasteiger partial charge on any atom is 0.392 e. The third-order valence-corrected chi connectivity index (χ3v) is 7.10. The number of nitrogens with one attached hydrogen (secondary N) is 2. The van der Waals surface area contributed by atoms with Crippen LogP contribution in [0.15, 0.2) is 53.4 Å². The number of hydrogen-bond donors (Lipinski definition) is 2. The number of carbonyl (C=O) groups is 1. The molecule has 1 amide bonds. The molecule has 2 N–H and O–H groups in total. The van der Waals surface area contributed by atoms with E-state index >= 15 is 0 Å². The van der Waals surface area contributed by atoms with E-state index in [0.717, 1.165) is 10.2 Å². The summed E-state index contributed by atoms with van der Waals surface area (Å²) in [5.74, 6) is 0.0207. The van der Waals surface area contributed by atoms with E-state index < -0.39 is 10.8 Å². The quantitative estimate of drug-likeness (QED) is 0.114. The van der Waals surface area contributed by atoms with Crippen molar-refractivity contribution in [2.24, 2.45) is 7.05 Å². The Morgan fingerprint density at radius 2 is 2.05 bits per heavy atom. The highest BCUT2D eigenvalue weighted by molar-refractivity contribution is 9.10. The van der Waals surface area contributed by atoms with Crippen molar-refractivity contribution >= 4 is 67.5 Å². The molecule has 212 valence electrons. The molecule has 0 aliphatic heterocycles. The van der Waals surface area contributed by atoms with Gasteiger partial charge in [-0.2, -0.15) is 5.26 Å². The molecule has 3 aromatic heterocycles. The lowest BCUT2D eigenvalue weighted by atomic mass is 10.2. The first-order valence-corrected chi connectivity index (χ1v) is 12.9. The molecule has 0 saturated carbocycles. The van der Waals surface area contributed by atoms with Crippen molar-refractivity contribution < 1.29 is 31.2 Å². The van der Waals surface area contributed by atoms with Gasteiger partial charge in [-0.15, -0.1) is 0 Å². The van der Waals surface area contributed by atoms with Crippen LogP contribution >= 0.6 is 27.5 Å². The summed E-state index contributed by atoms with van der Waals surface area (Å²) < 4.78 is 2.46. The van der Waals surface area contributed by atoms with E-state index in [0.29, 0.717) is 39.8 Å². The van der Waals surface area contributed by atoms with Gasteiger partial charge in [0.2, 0.25) is 5.91 Å². The van der Waals surface area contributed by atoms with Crippen molar-refractivity contribution in [1.82, 2.24) is 24.5 Å². The second-order valence-corrected chi connectivity index (χ2v) is 10.6. The van der Waals surface area contributed by atoms with Crippen LogP contribution in [0.25, 0.3) is 10.9 Å². The first kappa shape index (κ1) is 31.6. The van der Waals surface area contributed by atoms with Crippen LogP contribution in [0, 0.1) is 21.4 Å². The zero-order valence-electron chi connectivity index (χ0n) is 22.0. The minimum Gasteiger partial charge on any atom is -1.00 e. The highest BCUT2D eigenvalue weighted by atomic mass is 79.9. The van der Waals surface area contributed by atoms with Gasteiger partial charge in [0, 0.05) is 28.7 Å². The third-order valence-electron chi connectivity index (χ3n) is 5.87. The van der Waals surface area contributed by atoms with Gasteiger partial charge in [-0.05, 0) is 56.2 Å². The number of amides is 1. The number of anilines is 3. The van der Waals surface area contributed by atoms with Crippen LogP contribution in [0.5, 0.6) is 0 Å². The number of likely N-dealkylation sites (N-methyl/N-ethyl adjacent to an activating group) is 1. The van der Waals surface area contributed by atoms with Crippen molar-refractivity contribution in [2.75, 3.05) is 31.3 Å². The van der Waals surface area contributed by atoms with Gasteiger partial charge in [0.1, 0.15) is 24.5 Å². The standard InChI is InChI=1S/C25H22BrClN10O3.BrH/c1-35-20(25(36(39)40)34-22(35)11-28)13-37(2,3)8-4-5-23(38)33-21-10-16-19(12-29-21)30-14-31-24(16)32-15-6-7-17(26)18(27)9-15;/h4-7,9-10,12,14H,8,13H2,1-3H3,(H-,29,30,31,32,33,38);1H/b5-4+;. The molecule has 3 heterocycles.